The molecule has 0 amide bonds. The molecule has 6 heteroatoms. The second-order valence-corrected chi connectivity index (χ2v) is 9.13. The van der Waals surface area contributed by atoms with Gasteiger partial charge in [-0.05, 0) is 23.3 Å². The lowest BCUT2D eigenvalue weighted by Gasteiger charge is -2.14. The van der Waals surface area contributed by atoms with E-state index in [1.165, 1.54) is 0 Å². The van der Waals surface area contributed by atoms with E-state index < -0.39 is 5.97 Å². The zero-order chi connectivity index (χ0) is 21.3. The number of carbonyl (C=O) groups is 1. The van der Waals surface area contributed by atoms with Gasteiger partial charge in [0.25, 0.3) is 0 Å². The normalized spacial score (nSPS) is 11.7. The highest BCUT2D eigenvalue weighted by molar-refractivity contribution is 7.13. The van der Waals surface area contributed by atoms with Crippen molar-refractivity contribution >= 4 is 17.3 Å². The van der Waals surface area contributed by atoms with Gasteiger partial charge in [-0.1, -0.05) is 45.0 Å². The average Bonchev–Trinajstić information content (AvgIpc) is 3.32. The molecule has 0 fully saturated rings. The Morgan fingerprint density at radius 2 is 1.87 bits per heavy atom. The molecule has 1 aromatic carbocycles. The van der Waals surface area contributed by atoms with Crippen LogP contribution < -0.4 is 4.74 Å². The van der Waals surface area contributed by atoms with Crippen LogP contribution in [0, 0.1) is 0 Å². The van der Waals surface area contributed by atoms with E-state index in [-0.39, 0.29) is 11.8 Å². The van der Waals surface area contributed by atoms with Crippen LogP contribution in [0.15, 0.2) is 58.7 Å². The summed E-state index contributed by atoms with van der Waals surface area (Å²) in [5.41, 5.74) is 5.67. The molecule has 4 rings (SSSR count). The number of ether oxygens (including phenoxy) is 1. The Balaban J connectivity index is 1.63. The van der Waals surface area contributed by atoms with Gasteiger partial charge in [-0.2, -0.15) is 0 Å². The van der Waals surface area contributed by atoms with Crippen molar-refractivity contribution in [2.75, 3.05) is 0 Å². The zero-order valence-corrected chi connectivity index (χ0v) is 18.0. The van der Waals surface area contributed by atoms with Crippen LogP contribution in [0.2, 0.25) is 0 Å². The van der Waals surface area contributed by atoms with E-state index in [1.807, 2.05) is 30.3 Å². The number of aliphatic carboxylic acids is 1. The van der Waals surface area contributed by atoms with Crippen LogP contribution >= 0.6 is 11.3 Å². The summed E-state index contributed by atoms with van der Waals surface area (Å²) >= 11 is 1.61. The quantitative estimate of drug-likeness (QED) is 0.413. The van der Waals surface area contributed by atoms with Gasteiger partial charge in [0.2, 0.25) is 0 Å². The molecule has 154 valence electrons. The first kappa shape index (κ1) is 20.2. The Morgan fingerprint density at radius 1 is 1.13 bits per heavy atom. The van der Waals surface area contributed by atoms with Gasteiger partial charge in [0.05, 0.1) is 30.2 Å². The highest BCUT2D eigenvalue weighted by atomic mass is 32.1. The summed E-state index contributed by atoms with van der Waals surface area (Å²) in [5.74, 6) is -0.0550. The molecule has 1 aliphatic heterocycles. The molecule has 1 aliphatic carbocycles. The Morgan fingerprint density at radius 3 is 2.53 bits per heavy atom. The first-order valence-electron chi connectivity index (χ1n) is 9.69. The second-order valence-electron chi connectivity index (χ2n) is 8.28. The topological polar surface area (TPSA) is 72.6 Å². The zero-order valence-electron chi connectivity index (χ0n) is 17.1. The van der Waals surface area contributed by atoms with Crippen molar-refractivity contribution in [2.45, 2.75) is 39.2 Å². The number of aromatic nitrogens is 1. The lowest BCUT2D eigenvalue weighted by Crippen LogP contribution is -2.11. The highest BCUT2D eigenvalue weighted by Gasteiger charge is 2.24. The Labute approximate surface area is 179 Å². The average molecular weight is 422 g/mol. The molecule has 0 saturated carbocycles. The molecule has 2 heterocycles. The molecular formula is C24H23NO4S. The maximum Gasteiger partial charge on any atom is 0.307 e. The molecule has 0 unspecified atom stereocenters. The van der Waals surface area contributed by atoms with Crippen LogP contribution in [0.5, 0.6) is 5.75 Å². The first-order chi connectivity index (χ1) is 14.3. The summed E-state index contributed by atoms with van der Waals surface area (Å²) in [4.78, 5) is 15.7. The summed E-state index contributed by atoms with van der Waals surface area (Å²) < 4.78 is 11.6. The molecule has 0 spiro atoms. The fourth-order valence-electron chi connectivity index (χ4n) is 3.20. The summed E-state index contributed by atoms with van der Waals surface area (Å²) in [6.45, 7) is 6.83. The maximum atomic E-state index is 10.9. The van der Waals surface area contributed by atoms with Crippen LogP contribution in [0.3, 0.4) is 0 Å². The third-order valence-electron chi connectivity index (χ3n) is 4.87. The van der Waals surface area contributed by atoms with Crippen molar-refractivity contribution in [3.63, 3.8) is 0 Å². The second kappa shape index (κ2) is 7.95. The molecule has 1 N–H and O–H groups in total. The van der Waals surface area contributed by atoms with E-state index in [2.05, 4.69) is 32.2 Å². The van der Waals surface area contributed by atoms with Crippen LogP contribution in [-0.4, -0.2) is 16.1 Å². The molecule has 0 radical (unpaired) electrons. The number of hydrogen-bond donors (Lipinski definition) is 1. The number of benzene rings is 1. The van der Waals surface area contributed by atoms with E-state index in [4.69, 9.17) is 19.2 Å². The number of fused-ring (bicyclic) bond motifs is 1. The van der Waals surface area contributed by atoms with Crippen LogP contribution in [0.25, 0.3) is 21.7 Å². The molecule has 1 aromatic heterocycles. The lowest BCUT2D eigenvalue weighted by molar-refractivity contribution is -0.136. The lowest BCUT2D eigenvalue weighted by atomic mass is 9.93. The van der Waals surface area contributed by atoms with Crippen molar-refractivity contribution in [3.05, 3.63) is 71.1 Å². The van der Waals surface area contributed by atoms with Gasteiger partial charge < -0.3 is 14.3 Å². The number of hydrogen-bond acceptors (Lipinski definition) is 5. The van der Waals surface area contributed by atoms with E-state index >= 15 is 0 Å². The Kier molecular flexibility index (Phi) is 5.35. The summed E-state index contributed by atoms with van der Waals surface area (Å²) in [5, 5.41) is 11.9. The van der Waals surface area contributed by atoms with Gasteiger partial charge in [0.15, 0.2) is 0 Å². The molecule has 2 aliphatic rings. The van der Waals surface area contributed by atoms with Crippen LogP contribution in [-0.2, 0) is 23.2 Å². The SMILES string of the molecule is CC(C)(C)c1csc(-c2cc3coccc-3c2OCc2ccc(CC(=O)O)cc2)n1. The third kappa shape index (κ3) is 4.24. The smallest absolute Gasteiger partial charge is 0.307 e. The first-order valence-corrected chi connectivity index (χ1v) is 10.6. The Bertz CT molecular complexity index is 1130. The van der Waals surface area contributed by atoms with E-state index in [9.17, 15) is 4.79 Å². The van der Waals surface area contributed by atoms with E-state index in [1.54, 1.807) is 23.9 Å². The minimum absolute atomic E-state index is 0.0163. The fourth-order valence-corrected chi connectivity index (χ4v) is 4.26. The van der Waals surface area contributed by atoms with Gasteiger partial charge in [-0.3, -0.25) is 4.79 Å². The van der Waals surface area contributed by atoms with Crippen LogP contribution in [0.1, 0.15) is 37.6 Å². The van der Waals surface area contributed by atoms with Gasteiger partial charge in [0.1, 0.15) is 17.4 Å². The van der Waals surface area contributed by atoms with E-state index in [0.717, 1.165) is 44.3 Å². The molecule has 0 saturated heterocycles. The highest BCUT2D eigenvalue weighted by Crippen LogP contribution is 2.45. The van der Waals surface area contributed by atoms with Crippen molar-refractivity contribution in [3.8, 4) is 27.4 Å². The maximum absolute atomic E-state index is 10.9. The van der Waals surface area contributed by atoms with Crippen molar-refractivity contribution in [2.24, 2.45) is 0 Å². The van der Waals surface area contributed by atoms with Gasteiger partial charge in [-0.15, -0.1) is 11.3 Å². The monoisotopic (exact) mass is 421 g/mol. The van der Waals surface area contributed by atoms with Gasteiger partial charge >= 0.3 is 5.97 Å². The molecule has 30 heavy (non-hydrogen) atoms. The summed E-state index contributed by atoms with van der Waals surface area (Å²) in [7, 11) is 0. The largest absolute Gasteiger partial charge is 0.488 e. The molecular weight excluding hydrogens is 398 g/mol. The number of nitrogens with zero attached hydrogens (tertiary/aromatic N) is 1. The number of rotatable bonds is 6. The molecule has 5 nitrogen and oxygen atoms in total. The fraction of sp³-hybridized carbons (Fsp3) is 0.250. The predicted octanol–water partition coefficient (Wildman–Crippen LogP) is 6.01. The van der Waals surface area contributed by atoms with Gasteiger partial charge in [0, 0.05) is 21.9 Å². The van der Waals surface area contributed by atoms with E-state index in [0.29, 0.717) is 6.61 Å². The third-order valence-corrected chi connectivity index (χ3v) is 5.75. The standard InChI is InChI=1S/C24H23NO4S/c1-24(2,3)20-14-30-23(25-20)19-11-17-13-28-9-8-18(17)22(19)29-12-16-6-4-15(5-7-16)10-21(26)27/h4-9,11,13-14H,10,12H2,1-3H3,(H,26,27). The predicted molar refractivity (Wildman–Crippen MR) is 117 cm³/mol. The number of thiazole rings is 1. The minimum Gasteiger partial charge on any atom is -0.488 e. The molecule has 2 aromatic rings. The van der Waals surface area contributed by atoms with Crippen molar-refractivity contribution in [1.29, 1.82) is 0 Å². The van der Waals surface area contributed by atoms with Crippen molar-refractivity contribution < 1.29 is 19.1 Å². The summed E-state index contributed by atoms with van der Waals surface area (Å²) in [6.07, 6.45) is 3.37. The van der Waals surface area contributed by atoms with Crippen molar-refractivity contribution in [1.82, 2.24) is 4.98 Å². The molecule has 0 bridgehead atoms. The Hall–Kier alpha value is -3.12. The summed E-state index contributed by atoms with van der Waals surface area (Å²) in [6, 6.07) is 11.4. The number of carboxylic acid groups (broad SMARTS) is 1. The molecule has 0 atom stereocenters. The minimum atomic E-state index is -0.838. The van der Waals surface area contributed by atoms with Crippen LogP contribution in [0.4, 0.5) is 0 Å². The number of carboxylic acids is 1. The van der Waals surface area contributed by atoms with Gasteiger partial charge in [-0.25, -0.2) is 4.98 Å².